The number of hydrogen-bond acceptors (Lipinski definition) is 2. The fourth-order valence-corrected chi connectivity index (χ4v) is 2.67. The molecule has 0 aliphatic carbocycles. The second-order valence-corrected chi connectivity index (χ2v) is 6.27. The quantitative estimate of drug-likeness (QED) is 0.724. The van der Waals surface area contributed by atoms with E-state index < -0.39 is 5.82 Å². The summed E-state index contributed by atoms with van der Waals surface area (Å²) in [5.74, 6) is -0.801. The van der Waals surface area contributed by atoms with Gasteiger partial charge in [-0.2, -0.15) is 5.10 Å². The molecule has 2 aromatic carbocycles. The van der Waals surface area contributed by atoms with Gasteiger partial charge in [0, 0.05) is 33.9 Å². The Labute approximate surface area is 154 Å². The normalized spacial score (nSPS) is 10.7. The summed E-state index contributed by atoms with van der Waals surface area (Å²) >= 11 is 11.8. The van der Waals surface area contributed by atoms with Gasteiger partial charge in [0.25, 0.3) is 0 Å². The first kappa shape index (κ1) is 17.5. The molecule has 0 saturated heterocycles. The highest BCUT2D eigenvalue weighted by atomic mass is 35.5. The van der Waals surface area contributed by atoms with Crippen molar-refractivity contribution in [2.24, 2.45) is 0 Å². The Hall–Kier alpha value is -2.37. The van der Waals surface area contributed by atoms with Crippen molar-refractivity contribution in [3.05, 3.63) is 81.8 Å². The number of rotatable bonds is 5. The van der Waals surface area contributed by atoms with E-state index in [9.17, 15) is 9.18 Å². The van der Waals surface area contributed by atoms with E-state index >= 15 is 0 Å². The third kappa shape index (κ3) is 4.38. The van der Waals surface area contributed by atoms with E-state index in [1.807, 2.05) is 12.1 Å². The van der Waals surface area contributed by atoms with Crippen LogP contribution in [-0.4, -0.2) is 15.7 Å². The summed E-state index contributed by atoms with van der Waals surface area (Å²) in [6.45, 7) is 0.290. The average molecular weight is 378 g/mol. The van der Waals surface area contributed by atoms with Crippen LogP contribution >= 0.6 is 23.2 Å². The maximum atomic E-state index is 13.7. The van der Waals surface area contributed by atoms with Crippen LogP contribution in [0.1, 0.15) is 11.1 Å². The molecule has 1 aromatic heterocycles. The van der Waals surface area contributed by atoms with Gasteiger partial charge in [0.2, 0.25) is 5.91 Å². The topological polar surface area (TPSA) is 46.9 Å². The summed E-state index contributed by atoms with van der Waals surface area (Å²) in [4.78, 5) is 12.0. The molecule has 25 heavy (non-hydrogen) atoms. The molecule has 1 heterocycles. The molecule has 0 atom stereocenters. The lowest BCUT2D eigenvalue weighted by Crippen LogP contribution is -2.24. The van der Waals surface area contributed by atoms with E-state index in [1.54, 1.807) is 35.3 Å². The molecule has 3 rings (SSSR count). The van der Waals surface area contributed by atoms with Crippen LogP contribution in [0.2, 0.25) is 10.0 Å². The third-order valence-corrected chi connectivity index (χ3v) is 4.22. The number of aromatic nitrogens is 2. The van der Waals surface area contributed by atoms with Crippen LogP contribution in [0.5, 0.6) is 0 Å². The number of nitrogens with one attached hydrogen (secondary N) is 1. The maximum absolute atomic E-state index is 13.7. The molecule has 7 heteroatoms. The number of halogens is 3. The Morgan fingerprint density at radius 1 is 1.16 bits per heavy atom. The Morgan fingerprint density at radius 2 is 1.92 bits per heavy atom. The molecule has 0 saturated carbocycles. The fraction of sp³-hybridized carbons (Fsp3) is 0.111. The summed E-state index contributed by atoms with van der Waals surface area (Å²) in [6.07, 6.45) is 3.35. The molecule has 0 fully saturated rings. The zero-order chi connectivity index (χ0) is 17.8. The molecule has 4 nitrogen and oxygen atoms in total. The molecule has 0 radical (unpaired) electrons. The van der Waals surface area contributed by atoms with Crippen molar-refractivity contribution in [1.82, 2.24) is 15.1 Å². The largest absolute Gasteiger partial charge is 0.352 e. The smallest absolute Gasteiger partial charge is 0.224 e. The molecule has 0 aliphatic heterocycles. The van der Waals surface area contributed by atoms with Crippen LogP contribution in [0, 0.1) is 5.82 Å². The number of amides is 1. The van der Waals surface area contributed by atoms with Gasteiger partial charge in [0.15, 0.2) is 0 Å². The number of nitrogens with zero attached hydrogens (tertiary/aromatic N) is 2. The van der Waals surface area contributed by atoms with Crippen LogP contribution in [0.4, 0.5) is 4.39 Å². The van der Waals surface area contributed by atoms with Crippen LogP contribution in [0.3, 0.4) is 0 Å². The molecular weight excluding hydrogens is 364 g/mol. The molecule has 1 amide bonds. The summed E-state index contributed by atoms with van der Waals surface area (Å²) in [5.41, 5.74) is 1.88. The Morgan fingerprint density at radius 3 is 2.64 bits per heavy atom. The lowest BCUT2D eigenvalue weighted by Gasteiger charge is -2.06. The summed E-state index contributed by atoms with van der Waals surface area (Å²) < 4.78 is 15.4. The minimum Gasteiger partial charge on any atom is -0.352 e. The zero-order valence-electron chi connectivity index (χ0n) is 13.0. The Bertz CT molecular complexity index is 873. The van der Waals surface area contributed by atoms with Gasteiger partial charge in [-0.3, -0.25) is 4.79 Å². The van der Waals surface area contributed by atoms with Crippen LogP contribution in [0.15, 0.2) is 54.9 Å². The molecule has 3 aromatic rings. The van der Waals surface area contributed by atoms with Crippen LogP contribution in [0.25, 0.3) is 5.69 Å². The van der Waals surface area contributed by atoms with E-state index in [1.165, 1.54) is 12.1 Å². The summed E-state index contributed by atoms with van der Waals surface area (Å²) in [7, 11) is 0. The van der Waals surface area contributed by atoms with Gasteiger partial charge in [-0.1, -0.05) is 29.3 Å². The SMILES string of the molecule is O=C(Cc1c(F)cccc1Cl)NCc1cnn(-c2ccc(Cl)cc2)c1. The van der Waals surface area contributed by atoms with E-state index in [2.05, 4.69) is 10.4 Å². The monoisotopic (exact) mass is 377 g/mol. The number of benzene rings is 2. The second kappa shape index (κ2) is 7.68. The van der Waals surface area contributed by atoms with E-state index in [0.29, 0.717) is 11.6 Å². The van der Waals surface area contributed by atoms with Crippen molar-refractivity contribution in [3.8, 4) is 5.69 Å². The van der Waals surface area contributed by atoms with E-state index in [0.717, 1.165) is 11.3 Å². The Kier molecular flexibility index (Phi) is 5.36. The summed E-state index contributed by atoms with van der Waals surface area (Å²) in [5, 5.41) is 7.87. The minimum atomic E-state index is -0.488. The minimum absolute atomic E-state index is 0.114. The number of hydrogen-bond donors (Lipinski definition) is 1. The van der Waals surface area contributed by atoms with Crippen LogP contribution < -0.4 is 5.32 Å². The lowest BCUT2D eigenvalue weighted by molar-refractivity contribution is -0.120. The van der Waals surface area contributed by atoms with Crippen molar-refractivity contribution in [2.45, 2.75) is 13.0 Å². The maximum Gasteiger partial charge on any atom is 0.224 e. The zero-order valence-corrected chi connectivity index (χ0v) is 14.6. The van der Waals surface area contributed by atoms with Gasteiger partial charge in [-0.15, -0.1) is 0 Å². The van der Waals surface area contributed by atoms with Gasteiger partial charge in [0.1, 0.15) is 5.82 Å². The average Bonchev–Trinajstić information content (AvgIpc) is 3.06. The molecular formula is C18H14Cl2FN3O. The highest BCUT2D eigenvalue weighted by molar-refractivity contribution is 6.31. The van der Waals surface area contributed by atoms with Gasteiger partial charge < -0.3 is 5.32 Å². The van der Waals surface area contributed by atoms with Crippen molar-refractivity contribution < 1.29 is 9.18 Å². The van der Waals surface area contributed by atoms with E-state index in [4.69, 9.17) is 23.2 Å². The number of carbonyl (C=O) groups is 1. The number of carbonyl (C=O) groups excluding carboxylic acids is 1. The van der Waals surface area contributed by atoms with Crippen LogP contribution in [-0.2, 0) is 17.8 Å². The van der Waals surface area contributed by atoms with Crippen molar-refractivity contribution in [1.29, 1.82) is 0 Å². The van der Waals surface area contributed by atoms with Crippen molar-refractivity contribution in [2.75, 3.05) is 0 Å². The molecule has 0 aliphatic rings. The highest BCUT2D eigenvalue weighted by Gasteiger charge is 2.12. The molecule has 0 spiro atoms. The van der Waals surface area contributed by atoms with Gasteiger partial charge in [0.05, 0.1) is 18.3 Å². The Balaban J connectivity index is 1.60. The first-order valence-corrected chi connectivity index (χ1v) is 8.27. The first-order valence-electron chi connectivity index (χ1n) is 7.52. The van der Waals surface area contributed by atoms with Crippen molar-refractivity contribution in [3.63, 3.8) is 0 Å². The third-order valence-electron chi connectivity index (χ3n) is 3.62. The lowest BCUT2D eigenvalue weighted by atomic mass is 10.1. The highest BCUT2D eigenvalue weighted by Crippen LogP contribution is 2.19. The molecule has 0 unspecified atom stereocenters. The predicted octanol–water partition coefficient (Wildman–Crippen LogP) is 4.18. The predicted molar refractivity (Wildman–Crippen MR) is 95.5 cm³/mol. The first-order chi connectivity index (χ1) is 12.0. The fourth-order valence-electron chi connectivity index (χ4n) is 2.31. The molecule has 128 valence electrons. The van der Waals surface area contributed by atoms with Crippen molar-refractivity contribution >= 4 is 29.1 Å². The van der Waals surface area contributed by atoms with Gasteiger partial charge in [-0.05, 0) is 36.4 Å². The molecule has 1 N–H and O–H groups in total. The van der Waals surface area contributed by atoms with E-state index in [-0.39, 0.29) is 22.9 Å². The molecule has 0 bridgehead atoms. The standard InChI is InChI=1S/C18H14Cl2FN3O/c19-13-4-6-14(7-5-13)24-11-12(10-23-24)9-22-18(25)8-15-16(20)2-1-3-17(15)21/h1-7,10-11H,8-9H2,(H,22,25). The second-order valence-electron chi connectivity index (χ2n) is 5.42. The van der Waals surface area contributed by atoms with Gasteiger partial charge in [-0.25, -0.2) is 9.07 Å². The van der Waals surface area contributed by atoms with Gasteiger partial charge >= 0.3 is 0 Å². The summed E-state index contributed by atoms with van der Waals surface area (Å²) in [6, 6.07) is 11.6.